The van der Waals surface area contributed by atoms with Crippen LogP contribution in [0.2, 0.25) is 0 Å². The highest BCUT2D eigenvalue weighted by Crippen LogP contribution is 2.30. The van der Waals surface area contributed by atoms with Crippen LogP contribution in [-0.4, -0.2) is 12.2 Å². The molecule has 0 saturated heterocycles. The zero-order valence-corrected chi connectivity index (χ0v) is 7.35. The van der Waals surface area contributed by atoms with Gasteiger partial charge in [-0.05, 0) is 15.9 Å². The van der Waals surface area contributed by atoms with E-state index in [2.05, 4.69) is 20.7 Å². The largest absolute Gasteiger partial charge is 0.507 e. The number of phenolic OH excluding ortho intramolecular Hbond substituents is 1. The Hall–Kier alpha value is -0.770. The average molecular weight is 221 g/mol. The quantitative estimate of drug-likeness (QED) is 0.788. The maximum absolute atomic E-state index is 12.7. The van der Waals surface area contributed by atoms with Crippen LogP contribution < -0.4 is 4.74 Å². The summed E-state index contributed by atoms with van der Waals surface area (Å²) in [5.74, 6) is -0.605. The SMILES string of the molecule is COc1cc(Br)c(O)cc1F. The molecule has 1 aromatic carbocycles. The summed E-state index contributed by atoms with van der Waals surface area (Å²) in [6.45, 7) is 0. The molecule has 0 spiro atoms. The third-order valence-electron chi connectivity index (χ3n) is 1.22. The zero-order chi connectivity index (χ0) is 8.43. The van der Waals surface area contributed by atoms with Crippen LogP contribution >= 0.6 is 15.9 Å². The topological polar surface area (TPSA) is 29.5 Å². The Labute approximate surface area is 71.7 Å². The first kappa shape index (κ1) is 8.33. The molecule has 11 heavy (non-hydrogen) atoms. The third-order valence-corrected chi connectivity index (χ3v) is 1.86. The lowest BCUT2D eigenvalue weighted by Crippen LogP contribution is -1.87. The van der Waals surface area contributed by atoms with E-state index in [-0.39, 0.29) is 11.5 Å². The Morgan fingerprint density at radius 2 is 2.18 bits per heavy atom. The van der Waals surface area contributed by atoms with E-state index in [4.69, 9.17) is 5.11 Å². The van der Waals surface area contributed by atoms with Crippen LogP contribution in [0, 0.1) is 5.82 Å². The van der Waals surface area contributed by atoms with Gasteiger partial charge in [0.05, 0.1) is 11.6 Å². The highest BCUT2D eigenvalue weighted by atomic mass is 79.9. The fraction of sp³-hybridized carbons (Fsp3) is 0.143. The molecular weight excluding hydrogens is 215 g/mol. The Balaban J connectivity index is 3.21. The summed E-state index contributed by atoms with van der Waals surface area (Å²) >= 11 is 3.02. The van der Waals surface area contributed by atoms with E-state index in [1.807, 2.05) is 0 Å². The lowest BCUT2D eigenvalue weighted by atomic mass is 10.3. The minimum atomic E-state index is -0.576. The van der Waals surface area contributed by atoms with Crippen molar-refractivity contribution in [2.24, 2.45) is 0 Å². The monoisotopic (exact) mass is 220 g/mol. The average Bonchev–Trinajstić information content (AvgIpc) is 1.97. The molecule has 0 radical (unpaired) electrons. The second-order valence-corrected chi connectivity index (χ2v) is 2.79. The van der Waals surface area contributed by atoms with Crippen LogP contribution in [0.25, 0.3) is 0 Å². The Morgan fingerprint density at radius 3 is 2.73 bits per heavy atom. The van der Waals surface area contributed by atoms with Gasteiger partial charge in [-0.3, -0.25) is 0 Å². The van der Waals surface area contributed by atoms with Crippen molar-refractivity contribution < 1.29 is 14.2 Å². The van der Waals surface area contributed by atoms with E-state index in [1.165, 1.54) is 13.2 Å². The normalized spacial score (nSPS) is 9.73. The standard InChI is InChI=1S/C7H6BrFO2/c1-11-7-2-4(8)6(10)3-5(7)9/h2-3,10H,1H3. The molecule has 1 N–H and O–H groups in total. The van der Waals surface area contributed by atoms with Crippen molar-refractivity contribution in [3.8, 4) is 11.5 Å². The van der Waals surface area contributed by atoms with E-state index in [0.29, 0.717) is 4.47 Å². The molecule has 0 atom stereocenters. The number of phenols is 1. The predicted molar refractivity (Wildman–Crippen MR) is 42.3 cm³/mol. The fourth-order valence-electron chi connectivity index (χ4n) is 0.675. The first-order valence-corrected chi connectivity index (χ1v) is 3.66. The molecule has 1 rings (SSSR count). The van der Waals surface area contributed by atoms with E-state index in [0.717, 1.165) is 6.07 Å². The molecule has 0 aliphatic heterocycles. The molecule has 4 heteroatoms. The van der Waals surface area contributed by atoms with Crippen molar-refractivity contribution in [2.75, 3.05) is 7.11 Å². The summed E-state index contributed by atoms with van der Waals surface area (Å²) < 4.78 is 17.8. The van der Waals surface area contributed by atoms with E-state index < -0.39 is 5.82 Å². The van der Waals surface area contributed by atoms with Crippen LogP contribution in [0.4, 0.5) is 4.39 Å². The molecule has 0 aliphatic rings. The molecule has 0 fully saturated rings. The molecule has 0 aliphatic carbocycles. The van der Waals surface area contributed by atoms with Crippen molar-refractivity contribution in [1.29, 1.82) is 0 Å². The number of aromatic hydroxyl groups is 1. The summed E-state index contributed by atoms with van der Waals surface area (Å²) in [5.41, 5.74) is 0. The molecule has 0 amide bonds. The van der Waals surface area contributed by atoms with Gasteiger partial charge in [0, 0.05) is 12.1 Å². The Morgan fingerprint density at radius 1 is 1.55 bits per heavy atom. The van der Waals surface area contributed by atoms with E-state index >= 15 is 0 Å². The molecule has 0 unspecified atom stereocenters. The molecule has 0 saturated carbocycles. The van der Waals surface area contributed by atoms with Crippen molar-refractivity contribution in [3.05, 3.63) is 22.4 Å². The molecular formula is C7H6BrFO2. The molecule has 1 aromatic rings. The summed E-state index contributed by atoms with van der Waals surface area (Å²) in [5, 5.41) is 8.98. The van der Waals surface area contributed by atoms with Crippen molar-refractivity contribution in [1.82, 2.24) is 0 Å². The van der Waals surface area contributed by atoms with E-state index in [1.54, 1.807) is 0 Å². The summed E-state index contributed by atoms with van der Waals surface area (Å²) in [4.78, 5) is 0. The van der Waals surface area contributed by atoms with Gasteiger partial charge < -0.3 is 9.84 Å². The van der Waals surface area contributed by atoms with E-state index in [9.17, 15) is 4.39 Å². The maximum Gasteiger partial charge on any atom is 0.168 e. The van der Waals surface area contributed by atoms with Gasteiger partial charge in [-0.2, -0.15) is 0 Å². The van der Waals surface area contributed by atoms with Crippen LogP contribution in [0.15, 0.2) is 16.6 Å². The first-order chi connectivity index (χ1) is 5.15. The van der Waals surface area contributed by atoms with Crippen LogP contribution in [0.3, 0.4) is 0 Å². The summed E-state index contributed by atoms with van der Waals surface area (Å²) in [6.07, 6.45) is 0. The summed E-state index contributed by atoms with van der Waals surface area (Å²) in [7, 11) is 1.36. The molecule has 60 valence electrons. The van der Waals surface area contributed by atoms with Gasteiger partial charge in [0.25, 0.3) is 0 Å². The minimum absolute atomic E-state index is 0.106. The van der Waals surface area contributed by atoms with Gasteiger partial charge in [0.2, 0.25) is 0 Å². The van der Waals surface area contributed by atoms with Gasteiger partial charge >= 0.3 is 0 Å². The van der Waals surface area contributed by atoms with Crippen LogP contribution in [0.1, 0.15) is 0 Å². The number of hydrogen-bond donors (Lipinski definition) is 1. The maximum atomic E-state index is 12.7. The number of rotatable bonds is 1. The first-order valence-electron chi connectivity index (χ1n) is 2.87. The lowest BCUT2D eigenvalue weighted by molar-refractivity contribution is 0.381. The molecule has 2 nitrogen and oxygen atoms in total. The van der Waals surface area contributed by atoms with Gasteiger partial charge in [-0.25, -0.2) is 4.39 Å². The summed E-state index contributed by atoms with van der Waals surface area (Å²) in [6, 6.07) is 2.35. The number of benzene rings is 1. The molecule has 0 aromatic heterocycles. The minimum Gasteiger partial charge on any atom is -0.507 e. The number of halogens is 2. The third kappa shape index (κ3) is 1.63. The van der Waals surface area contributed by atoms with Crippen LogP contribution in [-0.2, 0) is 0 Å². The highest BCUT2D eigenvalue weighted by molar-refractivity contribution is 9.10. The van der Waals surface area contributed by atoms with Gasteiger partial charge in [0.1, 0.15) is 5.75 Å². The second kappa shape index (κ2) is 3.09. The zero-order valence-electron chi connectivity index (χ0n) is 5.77. The molecule has 0 bridgehead atoms. The van der Waals surface area contributed by atoms with Crippen molar-refractivity contribution >= 4 is 15.9 Å². The van der Waals surface area contributed by atoms with Gasteiger partial charge in [0.15, 0.2) is 11.6 Å². The lowest BCUT2D eigenvalue weighted by Gasteiger charge is -2.02. The van der Waals surface area contributed by atoms with Crippen LogP contribution in [0.5, 0.6) is 11.5 Å². The number of hydrogen-bond acceptors (Lipinski definition) is 2. The van der Waals surface area contributed by atoms with Crippen molar-refractivity contribution in [3.63, 3.8) is 0 Å². The number of methoxy groups -OCH3 is 1. The smallest absolute Gasteiger partial charge is 0.168 e. The Bertz CT molecular complexity index is 275. The molecule has 0 heterocycles. The van der Waals surface area contributed by atoms with Gasteiger partial charge in [-0.15, -0.1) is 0 Å². The van der Waals surface area contributed by atoms with Crippen molar-refractivity contribution in [2.45, 2.75) is 0 Å². The number of ether oxygens (including phenoxy) is 1. The van der Waals surface area contributed by atoms with Gasteiger partial charge in [-0.1, -0.05) is 0 Å². The highest BCUT2D eigenvalue weighted by Gasteiger charge is 2.06. The second-order valence-electron chi connectivity index (χ2n) is 1.94. The fourth-order valence-corrected chi connectivity index (χ4v) is 0.997. The Kier molecular flexibility index (Phi) is 2.34. The predicted octanol–water partition coefficient (Wildman–Crippen LogP) is 2.30.